The van der Waals surface area contributed by atoms with E-state index in [-0.39, 0.29) is 47.5 Å². The minimum absolute atomic E-state index is 0.0598. The first kappa shape index (κ1) is 28.5. The molecule has 0 aliphatic carbocycles. The lowest BCUT2D eigenvalue weighted by molar-refractivity contribution is -0.156. The number of primary amides is 1. The van der Waals surface area contributed by atoms with Gasteiger partial charge in [-0.2, -0.15) is 5.10 Å². The first-order valence-corrected chi connectivity index (χ1v) is 12.5. The molecule has 3 heterocycles. The highest BCUT2D eigenvalue weighted by atomic mass is 19.1. The topological polar surface area (TPSA) is 137 Å². The standard InChI is InChI=1S/C27H36FN7O3/c1-16(2)10-22(17(3)11-23(36)38-27(4,5)6)33-26-21(28)13-20(24(29)37)25(34-26)32-18-12-19(15-30-14-18)35-9-7-8-31-35/h7-9,12-17,22H,10-11H2,1-6H3,(H2,29,37)(H2,32,33,34)/t17-,22-/m1/s1. The average Bonchev–Trinajstić information content (AvgIpc) is 3.34. The second-order valence-electron chi connectivity index (χ2n) is 10.7. The number of esters is 1. The third-order valence-corrected chi connectivity index (χ3v) is 5.64. The van der Waals surface area contributed by atoms with Gasteiger partial charge in [-0.05, 0) is 57.2 Å². The quantitative estimate of drug-likeness (QED) is 0.303. The smallest absolute Gasteiger partial charge is 0.306 e. The minimum atomic E-state index is -0.835. The first-order chi connectivity index (χ1) is 17.8. The highest BCUT2D eigenvalue weighted by Gasteiger charge is 2.26. The van der Waals surface area contributed by atoms with E-state index >= 15 is 4.39 Å². The summed E-state index contributed by atoms with van der Waals surface area (Å²) in [6.07, 6.45) is 7.38. The number of nitrogens with one attached hydrogen (secondary N) is 2. The Labute approximate surface area is 222 Å². The zero-order chi connectivity index (χ0) is 28.0. The normalized spacial score (nSPS) is 13.2. The van der Waals surface area contributed by atoms with Gasteiger partial charge in [0.25, 0.3) is 5.91 Å². The highest BCUT2D eigenvalue weighted by Crippen LogP contribution is 2.28. The predicted molar refractivity (Wildman–Crippen MR) is 144 cm³/mol. The lowest BCUT2D eigenvalue weighted by atomic mass is 9.90. The van der Waals surface area contributed by atoms with Crippen LogP contribution in [0.1, 0.15) is 64.7 Å². The number of hydrogen-bond acceptors (Lipinski definition) is 8. The van der Waals surface area contributed by atoms with Gasteiger partial charge in [0.1, 0.15) is 11.4 Å². The number of ether oxygens (including phenoxy) is 1. The minimum Gasteiger partial charge on any atom is -0.460 e. The summed E-state index contributed by atoms with van der Waals surface area (Å²) in [6.45, 7) is 11.4. The van der Waals surface area contributed by atoms with Crippen molar-refractivity contribution in [3.8, 4) is 5.69 Å². The second-order valence-corrected chi connectivity index (χ2v) is 10.7. The van der Waals surface area contributed by atoms with E-state index < -0.39 is 17.3 Å². The van der Waals surface area contributed by atoms with E-state index in [1.165, 1.54) is 0 Å². The molecule has 1 amide bonds. The van der Waals surface area contributed by atoms with Crippen LogP contribution in [0.2, 0.25) is 0 Å². The molecule has 3 aromatic heterocycles. The average molecular weight is 526 g/mol. The highest BCUT2D eigenvalue weighted by molar-refractivity contribution is 5.98. The maximum Gasteiger partial charge on any atom is 0.306 e. The Balaban J connectivity index is 1.89. The molecule has 2 atom stereocenters. The molecule has 204 valence electrons. The fourth-order valence-electron chi connectivity index (χ4n) is 3.96. The Morgan fingerprint density at radius 1 is 1.16 bits per heavy atom. The molecule has 38 heavy (non-hydrogen) atoms. The van der Waals surface area contributed by atoms with Gasteiger partial charge in [-0.25, -0.2) is 14.1 Å². The number of nitrogens with zero attached hydrogens (tertiary/aromatic N) is 4. The van der Waals surface area contributed by atoms with Gasteiger partial charge in [0.15, 0.2) is 11.6 Å². The van der Waals surface area contributed by atoms with Gasteiger partial charge in [0.05, 0.1) is 35.8 Å². The number of carbonyl (C=O) groups excluding carboxylic acids is 2. The molecule has 4 N–H and O–H groups in total. The van der Waals surface area contributed by atoms with Crippen LogP contribution in [0.5, 0.6) is 0 Å². The molecule has 0 aliphatic heterocycles. The van der Waals surface area contributed by atoms with E-state index in [0.717, 1.165) is 6.07 Å². The summed E-state index contributed by atoms with van der Waals surface area (Å²) in [4.78, 5) is 33.2. The maximum absolute atomic E-state index is 15.1. The number of rotatable bonds is 11. The number of anilines is 3. The molecular weight excluding hydrogens is 489 g/mol. The molecule has 10 nitrogen and oxygen atoms in total. The van der Waals surface area contributed by atoms with E-state index in [1.807, 2.05) is 41.5 Å². The lowest BCUT2D eigenvalue weighted by Gasteiger charge is -2.28. The van der Waals surface area contributed by atoms with Gasteiger partial charge in [0.2, 0.25) is 0 Å². The number of pyridine rings is 2. The van der Waals surface area contributed by atoms with E-state index in [1.54, 1.807) is 41.6 Å². The van der Waals surface area contributed by atoms with Crippen molar-refractivity contribution in [2.24, 2.45) is 17.6 Å². The molecule has 0 spiro atoms. The Hall–Kier alpha value is -4.02. The molecule has 0 bridgehead atoms. The summed E-state index contributed by atoms with van der Waals surface area (Å²) >= 11 is 0. The van der Waals surface area contributed by atoms with Crippen LogP contribution in [0.25, 0.3) is 5.69 Å². The van der Waals surface area contributed by atoms with E-state index in [0.29, 0.717) is 17.8 Å². The Morgan fingerprint density at radius 2 is 1.89 bits per heavy atom. The molecule has 0 radical (unpaired) electrons. The van der Waals surface area contributed by atoms with Crippen molar-refractivity contribution >= 4 is 29.2 Å². The number of amides is 1. The third-order valence-electron chi connectivity index (χ3n) is 5.64. The Kier molecular flexibility index (Phi) is 9.03. The van der Waals surface area contributed by atoms with Crippen LogP contribution in [0, 0.1) is 17.7 Å². The molecule has 0 aromatic carbocycles. The van der Waals surface area contributed by atoms with Crippen LogP contribution >= 0.6 is 0 Å². The SMILES string of the molecule is CC(C)C[C@@H](Nc1nc(Nc2cncc(-n3cccn3)c2)c(C(N)=O)cc1F)[C@H](C)CC(=O)OC(C)(C)C. The van der Waals surface area contributed by atoms with Crippen LogP contribution in [-0.2, 0) is 9.53 Å². The van der Waals surface area contributed by atoms with Crippen LogP contribution in [-0.4, -0.2) is 43.3 Å². The molecule has 0 fully saturated rings. The largest absolute Gasteiger partial charge is 0.460 e. The maximum atomic E-state index is 15.1. The number of nitrogens with two attached hydrogens (primary N) is 1. The van der Waals surface area contributed by atoms with Gasteiger partial charge in [0, 0.05) is 18.4 Å². The summed E-state index contributed by atoms with van der Waals surface area (Å²) in [5.41, 5.74) is 6.00. The molecule has 0 unspecified atom stereocenters. The first-order valence-electron chi connectivity index (χ1n) is 12.5. The Morgan fingerprint density at radius 3 is 2.50 bits per heavy atom. The summed E-state index contributed by atoms with van der Waals surface area (Å²) in [5.74, 6) is -1.81. The zero-order valence-electron chi connectivity index (χ0n) is 22.7. The summed E-state index contributed by atoms with van der Waals surface area (Å²) in [5, 5.41) is 10.4. The van der Waals surface area contributed by atoms with Gasteiger partial charge in [-0.3, -0.25) is 14.6 Å². The molecule has 3 aromatic rings. The molecule has 0 saturated heterocycles. The zero-order valence-corrected chi connectivity index (χ0v) is 22.7. The molecule has 3 rings (SSSR count). The number of carbonyl (C=O) groups is 2. The lowest BCUT2D eigenvalue weighted by Crippen LogP contribution is -2.33. The molecular formula is C27H36FN7O3. The molecule has 0 aliphatic rings. The van der Waals surface area contributed by atoms with Gasteiger partial charge in [-0.15, -0.1) is 0 Å². The van der Waals surface area contributed by atoms with Gasteiger partial charge < -0.3 is 21.1 Å². The van der Waals surface area contributed by atoms with Crippen molar-refractivity contribution in [2.45, 2.75) is 66.0 Å². The second kappa shape index (κ2) is 12.0. The Bertz CT molecular complexity index is 1260. The summed E-state index contributed by atoms with van der Waals surface area (Å²) in [7, 11) is 0. The van der Waals surface area contributed by atoms with Crippen LogP contribution in [0.3, 0.4) is 0 Å². The number of halogens is 1. The van der Waals surface area contributed by atoms with E-state index in [9.17, 15) is 9.59 Å². The number of aromatic nitrogens is 4. The van der Waals surface area contributed by atoms with Crippen LogP contribution in [0.4, 0.5) is 21.7 Å². The molecule has 11 heteroatoms. The summed E-state index contributed by atoms with van der Waals surface area (Å²) in [6, 6.07) is 4.30. The van der Waals surface area contributed by atoms with Crippen LogP contribution < -0.4 is 16.4 Å². The number of hydrogen-bond donors (Lipinski definition) is 3. The van der Waals surface area contributed by atoms with Crippen molar-refractivity contribution in [3.63, 3.8) is 0 Å². The third kappa shape index (κ3) is 7.99. The monoisotopic (exact) mass is 525 g/mol. The van der Waals surface area contributed by atoms with E-state index in [2.05, 4.69) is 25.7 Å². The fraction of sp³-hybridized carbons (Fsp3) is 0.444. The van der Waals surface area contributed by atoms with Gasteiger partial charge >= 0.3 is 5.97 Å². The van der Waals surface area contributed by atoms with Gasteiger partial charge in [-0.1, -0.05) is 20.8 Å². The van der Waals surface area contributed by atoms with Crippen molar-refractivity contribution in [1.29, 1.82) is 0 Å². The van der Waals surface area contributed by atoms with Crippen molar-refractivity contribution in [2.75, 3.05) is 10.6 Å². The van der Waals surface area contributed by atoms with Crippen molar-refractivity contribution in [3.05, 3.63) is 54.4 Å². The predicted octanol–water partition coefficient (Wildman–Crippen LogP) is 4.84. The van der Waals surface area contributed by atoms with E-state index in [4.69, 9.17) is 10.5 Å². The van der Waals surface area contributed by atoms with Crippen LogP contribution in [0.15, 0.2) is 43.0 Å². The van der Waals surface area contributed by atoms with Crippen molar-refractivity contribution < 1.29 is 18.7 Å². The van der Waals surface area contributed by atoms with Crippen molar-refractivity contribution in [1.82, 2.24) is 19.7 Å². The summed E-state index contributed by atoms with van der Waals surface area (Å²) < 4.78 is 22.2. The fourth-order valence-corrected chi connectivity index (χ4v) is 3.96. The molecule has 0 saturated carbocycles.